The van der Waals surface area contributed by atoms with Crippen LogP contribution in [0.4, 0.5) is 14.5 Å². The smallest absolute Gasteiger partial charge is 0.264 e. The second-order valence-electron chi connectivity index (χ2n) is 5.11. The molecule has 0 saturated carbocycles. The first-order valence-electron chi connectivity index (χ1n) is 7.02. The number of anilines is 1. The van der Waals surface area contributed by atoms with Gasteiger partial charge in [0.05, 0.1) is 0 Å². The van der Waals surface area contributed by atoms with Crippen LogP contribution in [0, 0.1) is 0 Å². The van der Waals surface area contributed by atoms with Crippen LogP contribution in [0.1, 0.15) is 43.7 Å². The minimum Gasteiger partial charge on any atom is -0.374 e. The molecular weight excluding hydrogens is 278 g/mol. The Hall–Kier alpha value is -1.98. The standard InChI is InChI=1S/C15H18F2N2O2/c1-2-3-9-4-5-10(8-11(9)14(16)17)18-12-6-7-13(20)19-15(12)21/h4-5,8,12,14,18H,2-3,6-7H2,1H3,(H,19,20,21). The zero-order chi connectivity index (χ0) is 15.4. The third kappa shape index (κ3) is 3.77. The lowest BCUT2D eigenvalue weighted by Crippen LogP contribution is -2.47. The van der Waals surface area contributed by atoms with E-state index in [9.17, 15) is 18.4 Å². The molecule has 0 radical (unpaired) electrons. The van der Waals surface area contributed by atoms with Crippen molar-refractivity contribution in [3.05, 3.63) is 29.3 Å². The van der Waals surface area contributed by atoms with Gasteiger partial charge in [-0.05, 0) is 30.5 Å². The number of rotatable bonds is 5. The van der Waals surface area contributed by atoms with Crippen LogP contribution >= 0.6 is 0 Å². The van der Waals surface area contributed by atoms with Crippen LogP contribution in [-0.4, -0.2) is 17.9 Å². The first kappa shape index (κ1) is 15.4. The zero-order valence-electron chi connectivity index (χ0n) is 11.8. The third-order valence-corrected chi connectivity index (χ3v) is 3.48. The van der Waals surface area contributed by atoms with Crippen molar-refractivity contribution in [3.8, 4) is 0 Å². The molecule has 1 aromatic rings. The van der Waals surface area contributed by atoms with E-state index in [2.05, 4.69) is 10.6 Å². The van der Waals surface area contributed by atoms with Gasteiger partial charge in [-0.1, -0.05) is 19.4 Å². The van der Waals surface area contributed by atoms with E-state index >= 15 is 0 Å². The van der Waals surface area contributed by atoms with Crippen molar-refractivity contribution in [3.63, 3.8) is 0 Å². The first-order valence-corrected chi connectivity index (χ1v) is 7.02. The second-order valence-corrected chi connectivity index (χ2v) is 5.11. The Balaban J connectivity index is 2.15. The van der Waals surface area contributed by atoms with E-state index in [4.69, 9.17) is 0 Å². The van der Waals surface area contributed by atoms with Crippen molar-refractivity contribution in [2.24, 2.45) is 0 Å². The molecule has 1 unspecified atom stereocenters. The minimum absolute atomic E-state index is 0.00542. The number of alkyl halides is 2. The number of hydrogen-bond donors (Lipinski definition) is 2. The van der Waals surface area contributed by atoms with Gasteiger partial charge in [0.1, 0.15) is 6.04 Å². The predicted octanol–water partition coefficient (Wildman–Crippen LogP) is 2.79. The SMILES string of the molecule is CCCc1ccc(NC2CCC(=O)NC2=O)cc1C(F)F. The van der Waals surface area contributed by atoms with Gasteiger partial charge in [-0.25, -0.2) is 8.78 Å². The van der Waals surface area contributed by atoms with Gasteiger partial charge in [-0.3, -0.25) is 14.9 Å². The maximum absolute atomic E-state index is 13.1. The van der Waals surface area contributed by atoms with Crippen molar-refractivity contribution in [2.75, 3.05) is 5.32 Å². The highest BCUT2D eigenvalue weighted by atomic mass is 19.3. The van der Waals surface area contributed by atoms with Gasteiger partial charge in [0.2, 0.25) is 11.8 Å². The summed E-state index contributed by atoms with van der Waals surface area (Å²) in [5, 5.41) is 5.15. The highest BCUT2D eigenvalue weighted by Crippen LogP contribution is 2.27. The number of aryl methyl sites for hydroxylation is 1. The molecule has 1 aromatic carbocycles. The van der Waals surface area contributed by atoms with Crippen LogP contribution in [0.5, 0.6) is 0 Å². The lowest BCUT2D eigenvalue weighted by molar-refractivity contribution is -0.133. The lowest BCUT2D eigenvalue weighted by Gasteiger charge is -2.23. The summed E-state index contributed by atoms with van der Waals surface area (Å²) in [6.07, 6.45) is -0.544. The molecule has 2 amide bonds. The molecule has 4 nitrogen and oxygen atoms in total. The summed E-state index contributed by atoms with van der Waals surface area (Å²) >= 11 is 0. The van der Waals surface area contributed by atoms with E-state index in [1.54, 1.807) is 12.1 Å². The fraction of sp³-hybridized carbons (Fsp3) is 0.467. The van der Waals surface area contributed by atoms with Crippen LogP contribution in [0.3, 0.4) is 0 Å². The zero-order valence-corrected chi connectivity index (χ0v) is 11.8. The van der Waals surface area contributed by atoms with Crippen molar-refractivity contribution in [1.29, 1.82) is 0 Å². The number of piperidine rings is 1. The average Bonchev–Trinajstić information content (AvgIpc) is 2.43. The molecule has 1 saturated heterocycles. The monoisotopic (exact) mass is 296 g/mol. The Morgan fingerprint density at radius 2 is 2.14 bits per heavy atom. The quantitative estimate of drug-likeness (QED) is 0.821. The summed E-state index contributed by atoms with van der Waals surface area (Å²) in [4.78, 5) is 22.7. The Labute approximate surface area is 121 Å². The largest absolute Gasteiger partial charge is 0.374 e. The highest BCUT2D eigenvalue weighted by molar-refractivity contribution is 6.01. The maximum atomic E-state index is 13.1. The molecule has 1 atom stereocenters. The molecule has 0 aliphatic carbocycles. The summed E-state index contributed by atoms with van der Waals surface area (Å²) in [6, 6.07) is 4.18. The number of imide groups is 1. The number of halogens is 2. The van der Waals surface area contributed by atoms with Gasteiger partial charge >= 0.3 is 0 Å². The summed E-state index contributed by atoms with van der Waals surface area (Å²) < 4.78 is 26.2. The number of amides is 2. The number of carbonyl (C=O) groups excluding carboxylic acids is 2. The summed E-state index contributed by atoms with van der Waals surface area (Å²) in [6.45, 7) is 1.94. The Bertz CT molecular complexity index is 546. The molecule has 1 aliphatic heterocycles. The predicted molar refractivity (Wildman–Crippen MR) is 75.2 cm³/mol. The van der Waals surface area contributed by atoms with Crippen molar-refractivity contribution < 1.29 is 18.4 Å². The normalized spacial score (nSPS) is 18.8. The number of nitrogens with one attached hydrogen (secondary N) is 2. The van der Waals surface area contributed by atoms with Gasteiger partial charge in [0.15, 0.2) is 0 Å². The van der Waals surface area contributed by atoms with Crippen LogP contribution in [0.2, 0.25) is 0 Å². The molecule has 2 rings (SSSR count). The molecule has 1 aliphatic rings. The van der Waals surface area contributed by atoms with Crippen LogP contribution in [-0.2, 0) is 16.0 Å². The first-order chi connectivity index (χ1) is 10.0. The van der Waals surface area contributed by atoms with Crippen molar-refractivity contribution >= 4 is 17.5 Å². The Morgan fingerprint density at radius 3 is 2.76 bits per heavy atom. The number of hydrogen-bond acceptors (Lipinski definition) is 3. The molecule has 0 bridgehead atoms. The molecule has 0 aromatic heterocycles. The third-order valence-electron chi connectivity index (χ3n) is 3.48. The van der Waals surface area contributed by atoms with E-state index in [1.165, 1.54) is 6.07 Å². The number of carbonyl (C=O) groups is 2. The van der Waals surface area contributed by atoms with Gasteiger partial charge < -0.3 is 5.32 Å². The van der Waals surface area contributed by atoms with Gasteiger partial charge in [-0.2, -0.15) is 0 Å². The summed E-state index contributed by atoms with van der Waals surface area (Å²) in [5.41, 5.74) is 1.09. The van der Waals surface area contributed by atoms with E-state index in [-0.39, 0.29) is 17.9 Å². The van der Waals surface area contributed by atoms with Crippen LogP contribution in [0.25, 0.3) is 0 Å². The summed E-state index contributed by atoms with van der Waals surface area (Å²) in [5.74, 6) is -0.716. The molecular formula is C15H18F2N2O2. The van der Waals surface area contributed by atoms with Crippen LogP contribution in [0.15, 0.2) is 18.2 Å². The summed E-state index contributed by atoms with van der Waals surface area (Å²) in [7, 11) is 0. The van der Waals surface area contributed by atoms with E-state index in [1.807, 2.05) is 6.92 Å². The van der Waals surface area contributed by atoms with Gasteiger partial charge in [0.25, 0.3) is 6.43 Å². The van der Waals surface area contributed by atoms with Gasteiger partial charge in [-0.15, -0.1) is 0 Å². The average molecular weight is 296 g/mol. The lowest BCUT2D eigenvalue weighted by atomic mass is 10.0. The number of benzene rings is 1. The second kappa shape index (κ2) is 6.65. The van der Waals surface area contributed by atoms with Gasteiger partial charge in [0, 0.05) is 17.7 Å². The molecule has 0 spiro atoms. The van der Waals surface area contributed by atoms with E-state index in [0.717, 1.165) is 6.42 Å². The minimum atomic E-state index is -2.55. The fourth-order valence-electron chi connectivity index (χ4n) is 2.42. The highest BCUT2D eigenvalue weighted by Gasteiger charge is 2.26. The fourth-order valence-corrected chi connectivity index (χ4v) is 2.42. The van der Waals surface area contributed by atoms with E-state index < -0.39 is 18.4 Å². The van der Waals surface area contributed by atoms with Crippen LogP contribution < -0.4 is 10.6 Å². The molecule has 1 heterocycles. The maximum Gasteiger partial charge on any atom is 0.264 e. The molecule has 2 N–H and O–H groups in total. The Morgan fingerprint density at radius 1 is 1.38 bits per heavy atom. The molecule has 6 heteroatoms. The van der Waals surface area contributed by atoms with Crippen molar-refractivity contribution in [1.82, 2.24) is 5.32 Å². The van der Waals surface area contributed by atoms with E-state index in [0.29, 0.717) is 24.1 Å². The molecule has 114 valence electrons. The topological polar surface area (TPSA) is 58.2 Å². The Kier molecular flexibility index (Phi) is 4.88. The molecule has 1 fully saturated rings. The van der Waals surface area contributed by atoms with Crippen molar-refractivity contribution in [2.45, 2.75) is 45.1 Å². The molecule has 21 heavy (non-hydrogen) atoms.